The number of hydrogen-bond acceptors (Lipinski definition) is 2. The molecular weight excluding hydrogens is 338 g/mol. The van der Waals surface area contributed by atoms with E-state index >= 15 is 0 Å². The second kappa shape index (κ2) is 6.52. The molecule has 134 valence electrons. The van der Waals surface area contributed by atoms with Crippen LogP contribution in [-0.2, 0) is 0 Å². The summed E-state index contributed by atoms with van der Waals surface area (Å²) in [6, 6.07) is 11.1. The van der Waals surface area contributed by atoms with Crippen molar-refractivity contribution in [1.29, 1.82) is 0 Å². The molecule has 0 aromatic heterocycles. The van der Waals surface area contributed by atoms with Crippen LogP contribution in [0, 0.1) is 23.5 Å². The van der Waals surface area contributed by atoms with E-state index in [0.717, 1.165) is 0 Å². The maximum absolute atomic E-state index is 13.0. The van der Waals surface area contributed by atoms with Crippen LogP contribution in [-0.4, -0.2) is 47.8 Å². The number of benzene rings is 2. The van der Waals surface area contributed by atoms with E-state index in [1.54, 1.807) is 9.80 Å². The van der Waals surface area contributed by atoms with Crippen LogP contribution < -0.4 is 0 Å². The Morgan fingerprint density at radius 3 is 1.27 bits per heavy atom. The fourth-order valence-corrected chi connectivity index (χ4v) is 3.87. The van der Waals surface area contributed by atoms with Gasteiger partial charge in [0.2, 0.25) is 0 Å². The molecule has 0 aliphatic carbocycles. The van der Waals surface area contributed by atoms with Gasteiger partial charge in [-0.3, -0.25) is 9.59 Å². The van der Waals surface area contributed by atoms with Gasteiger partial charge in [0.1, 0.15) is 11.6 Å². The van der Waals surface area contributed by atoms with Crippen LogP contribution in [0.1, 0.15) is 20.7 Å². The lowest BCUT2D eigenvalue weighted by Crippen LogP contribution is -2.35. The molecule has 4 rings (SSSR count). The highest BCUT2D eigenvalue weighted by molar-refractivity contribution is 5.95. The standard InChI is InChI=1S/C20H18F2N2O2/c21-17-5-1-13(2-6-17)19(25)23-9-15-11-24(12-16(15)10-23)20(26)14-3-7-18(22)8-4-14/h1-8,15-16H,9-12H2. The minimum absolute atomic E-state index is 0.101. The van der Waals surface area contributed by atoms with Gasteiger partial charge in [0.15, 0.2) is 0 Å². The van der Waals surface area contributed by atoms with Crippen molar-refractivity contribution in [2.24, 2.45) is 11.8 Å². The largest absolute Gasteiger partial charge is 0.338 e. The van der Waals surface area contributed by atoms with E-state index in [0.29, 0.717) is 37.3 Å². The summed E-state index contributed by atoms with van der Waals surface area (Å²) in [4.78, 5) is 28.7. The van der Waals surface area contributed by atoms with E-state index in [2.05, 4.69) is 0 Å². The van der Waals surface area contributed by atoms with Gasteiger partial charge < -0.3 is 9.80 Å². The van der Waals surface area contributed by atoms with Gasteiger partial charge in [-0.25, -0.2) is 8.78 Å². The number of hydrogen-bond donors (Lipinski definition) is 0. The Kier molecular flexibility index (Phi) is 4.18. The summed E-state index contributed by atoms with van der Waals surface area (Å²) in [6.07, 6.45) is 0. The second-order valence-corrected chi connectivity index (χ2v) is 6.95. The average Bonchev–Trinajstić information content (AvgIpc) is 3.21. The van der Waals surface area contributed by atoms with Crippen molar-refractivity contribution in [3.63, 3.8) is 0 Å². The Balaban J connectivity index is 1.39. The normalized spacial score (nSPS) is 21.8. The molecule has 6 heteroatoms. The third kappa shape index (κ3) is 3.07. The number of likely N-dealkylation sites (tertiary alicyclic amines) is 2. The van der Waals surface area contributed by atoms with Gasteiger partial charge in [-0.05, 0) is 48.5 Å². The summed E-state index contributed by atoms with van der Waals surface area (Å²) in [5.41, 5.74) is 0.955. The van der Waals surface area contributed by atoms with E-state index in [1.807, 2.05) is 0 Å². The Bertz CT molecular complexity index is 752. The van der Waals surface area contributed by atoms with Crippen LogP contribution in [0.15, 0.2) is 48.5 Å². The molecular formula is C20H18F2N2O2. The molecule has 2 heterocycles. The number of carbonyl (C=O) groups is 2. The van der Waals surface area contributed by atoms with Crippen LogP contribution in [0.3, 0.4) is 0 Å². The molecule has 0 bridgehead atoms. The van der Waals surface area contributed by atoms with E-state index in [9.17, 15) is 18.4 Å². The van der Waals surface area contributed by atoms with Crippen molar-refractivity contribution in [2.45, 2.75) is 0 Å². The van der Waals surface area contributed by atoms with Crippen molar-refractivity contribution < 1.29 is 18.4 Å². The van der Waals surface area contributed by atoms with Crippen molar-refractivity contribution in [2.75, 3.05) is 26.2 Å². The number of carbonyl (C=O) groups excluding carboxylic acids is 2. The lowest BCUT2D eigenvalue weighted by molar-refractivity contribution is 0.0738. The molecule has 2 saturated heterocycles. The van der Waals surface area contributed by atoms with Crippen molar-refractivity contribution >= 4 is 11.8 Å². The van der Waals surface area contributed by atoms with Crippen molar-refractivity contribution in [3.8, 4) is 0 Å². The molecule has 2 aromatic rings. The van der Waals surface area contributed by atoms with Crippen LogP contribution in [0.4, 0.5) is 8.78 Å². The number of nitrogens with zero attached hydrogens (tertiary/aromatic N) is 2. The first-order valence-electron chi connectivity index (χ1n) is 8.61. The fourth-order valence-electron chi connectivity index (χ4n) is 3.87. The predicted molar refractivity (Wildman–Crippen MR) is 91.6 cm³/mol. The first-order valence-corrected chi connectivity index (χ1v) is 8.61. The topological polar surface area (TPSA) is 40.6 Å². The first kappa shape index (κ1) is 16.7. The van der Waals surface area contributed by atoms with Crippen LogP contribution >= 0.6 is 0 Å². The van der Waals surface area contributed by atoms with Gasteiger partial charge in [0.05, 0.1) is 0 Å². The zero-order valence-electron chi connectivity index (χ0n) is 14.1. The summed E-state index contributed by atoms with van der Waals surface area (Å²) >= 11 is 0. The monoisotopic (exact) mass is 356 g/mol. The van der Waals surface area contributed by atoms with Gasteiger partial charge in [-0.1, -0.05) is 0 Å². The van der Waals surface area contributed by atoms with Gasteiger partial charge in [-0.15, -0.1) is 0 Å². The molecule has 0 radical (unpaired) electrons. The number of halogens is 2. The van der Waals surface area contributed by atoms with Crippen molar-refractivity contribution in [3.05, 3.63) is 71.3 Å². The molecule has 4 nitrogen and oxygen atoms in total. The molecule has 0 N–H and O–H groups in total. The summed E-state index contributed by atoms with van der Waals surface area (Å²) in [6.45, 7) is 2.37. The number of rotatable bonds is 2. The molecule has 0 spiro atoms. The van der Waals surface area contributed by atoms with Gasteiger partial charge in [0.25, 0.3) is 11.8 Å². The summed E-state index contributed by atoms with van der Waals surface area (Å²) in [5.74, 6) is -0.455. The second-order valence-electron chi connectivity index (χ2n) is 6.95. The van der Waals surface area contributed by atoms with E-state index in [1.165, 1.54) is 48.5 Å². The van der Waals surface area contributed by atoms with E-state index < -0.39 is 0 Å². The molecule has 2 aliphatic heterocycles. The molecule has 2 fully saturated rings. The summed E-state index contributed by atoms with van der Waals surface area (Å²) in [7, 11) is 0. The quantitative estimate of drug-likeness (QED) is 0.830. The van der Waals surface area contributed by atoms with E-state index in [4.69, 9.17) is 0 Å². The fraction of sp³-hybridized carbons (Fsp3) is 0.300. The minimum Gasteiger partial charge on any atom is -0.338 e. The van der Waals surface area contributed by atoms with Gasteiger partial charge in [0, 0.05) is 49.1 Å². The average molecular weight is 356 g/mol. The maximum atomic E-state index is 13.0. The lowest BCUT2D eigenvalue weighted by Gasteiger charge is -2.22. The van der Waals surface area contributed by atoms with Crippen LogP contribution in [0.2, 0.25) is 0 Å². The SMILES string of the molecule is O=C(c1ccc(F)cc1)N1CC2CN(C(=O)c3ccc(F)cc3)CC2C1. The zero-order chi connectivity index (χ0) is 18.3. The lowest BCUT2D eigenvalue weighted by atomic mass is 10.0. The summed E-state index contributed by atoms with van der Waals surface area (Å²) < 4.78 is 26.0. The third-order valence-electron chi connectivity index (χ3n) is 5.24. The maximum Gasteiger partial charge on any atom is 0.253 e. The highest BCUT2D eigenvalue weighted by Crippen LogP contribution is 2.32. The minimum atomic E-state index is -0.366. The highest BCUT2D eigenvalue weighted by Gasteiger charge is 2.43. The van der Waals surface area contributed by atoms with Gasteiger partial charge in [-0.2, -0.15) is 0 Å². The van der Waals surface area contributed by atoms with Gasteiger partial charge >= 0.3 is 0 Å². The smallest absolute Gasteiger partial charge is 0.253 e. The molecule has 0 unspecified atom stereocenters. The Morgan fingerprint density at radius 1 is 0.654 bits per heavy atom. The third-order valence-corrected chi connectivity index (χ3v) is 5.24. The summed E-state index contributed by atoms with van der Waals surface area (Å²) in [5, 5.41) is 0. The molecule has 26 heavy (non-hydrogen) atoms. The number of fused-ring (bicyclic) bond motifs is 1. The zero-order valence-corrected chi connectivity index (χ0v) is 14.1. The predicted octanol–water partition coefficient (Wildman–Crippen LogP) is 2.81. The van der Waals surface area contributed by atoms with Crippen molar-refractivity contribution in [1.82, 2.24) is 9.80 Å². The molecule has 2 amide bonds. The van der Waals surface area contributed by atoms with Crippen LogP contribution in [0.25, 0.3) is 0 Å². The molecule has 0 saturated carbocycles. The Hall–Kier alpha value is -2.76. The highest BCUT2D eigenvalue weighted by atomic mass is 19.1. The molecule has 2 aliphatic rings. The molecule has 0 atom stereocenters. The first-order chi connectivity index (χ1) is 12.5. The van der Waals surface area contributed by atoms with E-state index in [-0.39, 0.29) is 35.3 Å². The van der Waals surface area contributed by atoms with Crippen LogP contribution in [0.5, 0.6) is 0 Å². The Labute approximate surface area is 150 Å². The molecule has 2 aromatic carbocycles. The number of amides is 2. The Morgan fingerprint density at radius 2 is 0.962 bits per heavy atom.